The molecule has 2 rings (SSSR count). The number of rotatable bonds is 7. The van der Waals surface area contributed by atoms with Gasteiger partial charge in [-0.2, -0.15) is 0 Å². The molecule has 21 heavy (non-hydrogen) atoms. The van der Waals surface area contributed by atoms with Crippen molar-refractivity contribution >= 4 is 17.4 Å². The van der Waals surface area contributed by atoms with Gasteiger partial charge in [0.25, 0.3) is 0 Å². The second-order valence-corrected chi connectivity index (χ2v) is 6.05. The molecule has 2 N–H and O–H groups in total. The van der Waals surface area contributed by atoms with Crippen molar-refractivity contribution in [2.45, 2.75) is 51.6 Å². The molecule has 1 aromatic rings. The molecule has 0 bridgehead atoms. The van der Waals surface area contributed by atoms with Gasteiger partial charge < -0.3 is 10.4 Å². The standard InChI is InChI=1S/C16H26ClN3O/c1-2-18-16-9-8-14(17)15(19-16)12-20(10-11-21)13-6-4-3-5-7-13/h8-9,13,21H,2-7,10-12H2,1H3,(H,18,19). The highest BCUT2D eigenvalue weighted by Crippen LogP contribution is 2.25. The van der Waals surface area contributed by atoms with Crippen molar-refractivity contribution in [3.8, 4) is 0 Å². The molecule has 1 saturated carbocycles. The van der Waals surface area contributed by atoms with Gasteiger partial charge in [-0.3, -0.25) is 4.90 Å². The highest BCUT2D eigenvalue weighted by molar-refractivity contribution is 6.31. The third kappa shape index (κ3) is 4.83. The van der Waals surface area contributed by atoms with E-state index in [1.165, 1.54) is 32.1 Å². The summed E-state index contributed by atoms with van der Waals surface area (Å²) < 4.78 is 0. The van der Waals surface area contributed by atoms with Crippen LogP contribution in [0, 0.1) is 0 Å². The zero-order valence-corrected chi connectivity index (χ0v) is 13.6. The van der Waals surface area contributed by atoms with Crippen LogP contribution in [0.3, 0.4) is 0 Å². The second kappa shape index (κ2) is 8.57. The molecule has 118 valence electrons. The van der Waals surface area contributed by atoms with Crippen LogP contribution in [0.25, 0.3) is 0 Å². The lowest BCUT2D eigenvalue weighted by molar-refractivity contribution is 0.116. The minimum Gasteiger partial charge on any atom is -0.395 e. The number of pyridine rings is 1. The Morgan fingerprint density at radius 2 is 2.10 bits per heavy atom. The normalized spacial score (nSPS) is 16.4. The summed E-state index contributed by atoms with van der Waals surface area (Å²) in [5, 5.41) is 13.3. The predicted molar refractivity (Wildman–Crippen MR) is 87.8 cm³/mol. The van der Waals surface area contributed by atoms with E-state index in [0.29, 0.717) is 24.2 Å². The van der Waals surface area contributed by atoms with Gasteiger partial charge in [-0.1, -0.05) is 30.9 Å². The third-order valence-corrected chi connectivity index (χ3v) is 4.45. The van der Waals surface area contributed by atoms with Crippen LogP contribution in [-0.4, -0.2) is 40.7 Å². The van der Waals surface area contributed by atoms with Crippen LogP contribution in [0.2, 0.25) is 5.02 Å². The topological polar surface area (TPSA) is 48.4 Å². The molecule has 1 fully saturated rings. The Morgan fingerprint density at radius 1 is 1.33 bits per heavy atom. The Bertz CT molecular complexity index is 436. The van der Waals surface area contributed by atoms with E-state index >= 15 is 0 Å². The molecule has 1 aliphatic rings. The molecule has 0 spiro atoms. The molecule has 1 aliphatic carbocycles. The van der Waals surface area contributed by atoms with Gasteiger partial charge in [0.15, 0.2) is 0 Å². The molecule has 0 saturated heterocycles. The van der Waals surface area contributed by atoms with E-state index in [0.717, 1.165) is 18.1 Å². The summed E-state index contributed by atoms with van der Waals surface area (Å²) in [5.41, 5.74) is 0.897. The lowest BCUT2D eigenvalue weighted by Gasteiger charge is -2.33. The Balaban J connectivity index is 2.09. The Hall–Kier alpha value is -0.840. The van der Waals surface area contributed by atoms with Crippen LogP contribution >= 0.6 is 11.6 Å². The first-order chi connectivity index (χ1) is 10.2. The van der Waals surface area contributed by atoms with E-state index in [1.807, 2.05) is 12.1 Å². The van der Waals surface area contributed by atoms with Gasteiger partial charge in [-0.05, 0) is 31.9 Å². The summed E-state index contributed by atoms with van der Waals surface area (Å²) in [7, 11) is 0. The van der Waals surface area contributed by atoms with Crippen LogP contribution in [-0.2, 0) is 6.54 Å². The molecule has 0 aromatic carbocycles. The largest absolute Gasteiger partial charge is 0.395 e. The average molecular weight is 312 g/mol. The van der Waals surface area contributed by atoms with Crippen molar-refractivity contribution in [3.63, 3.8) is 0 Å². The van der Waals surface area contributed by atoms with E-state index in [-0.39, 0.29) is 6.61 Å². The molecule has 1 aromatic heterocycles. The molecule has 0 aliphatic heterocycles. The molecule has 0 atom stereocenters. The van der Waals surface area contributed by atoms with E-state index < -0.39 is 0 Å². The zero-order valence-electron chi connectivity index (χ0n) is 12.8. The Morgan fingerprint density at radius 3 is 2.76 bits per heavy atom. The van der Waals surface area contributed by atoms with Gasteiger partial charge in [0.2, 0.25) is 0 Å². The highest BCUT2D eigenvalue weighted by atomic mass is 35.5. The van der Waals surface area contributed by atoms with E-state index in [2.05, 4.69) is 22.1 Å². The first-order valence-electron chi connectivity index (χ1n) is 7.98. The van der Waals surface area contributed by atoms with E-state index in [4.69, 9.17) is 11.6 Å². The summed E-state index contributed by atoms with van der Waals surface area (Å²) in [6, 6.07) is 4.36. The van der Waals surface area contributed by atoms with Crippen LogP contribution in [0.4, 0.5) is 5.82 Å². The Kier molecular flexibility index (Phi) is 6.74. The fourth-order valence-electron chi connectivity index (χ4n) is 3.03. The number of halogens is 1. The molecular weight excluding hydrogens is 286 g/mol. The van der Waals surface area contributed by atoms with Gasteiger partial charge in [-0.25, -0.2) is 4.98 Å². The fraction of sp³-hybridized carbons (Fsp3) is 0.688. The van der Waals surface area contributed by atoms with Crippen molar-refractivity contribution in [2.24, 2.45) is 0 Å². The van der Waals surface area contributed by atoms with Crippen molar-refractivity contribution in [2.75, 3.05) is 25.0 Å². The maximum absolute atomic E-state index is 9.35. The summed E-state index contributed by atoms with van der Waals surface area (Å²) in [6.45, 7) is 4.48. The van der Waals surface area contributed by atoms with Crippen LogP contribution in [0.15, 0.2) is 12.1 Å². The predicted octanol–water partition coefficient (Wildman–Crippen LogP) is 3.29. The fourth-order valence-corrected chi connectivity index (χ4v) is 3.20. The van der Waals surface area contributed by atoms with E-state index in [9.17, 15) is 5.11 Å². The summed E-state index contributed by atoms with van der Waals surface area (Å²) >= 11 is 6.30. The number of hydrogen-bond donors (Lipinski definition) is 2. The first-order valence-corrected chi connectivity index (χ1v) is 8.36. The second-order valence-electron chi connectivity index (χ2n) is 5.64. The molecule has 0 unspecified atom stereocenters. The molecule has 0 amide bonds. The van der Waals surface area contributed by atoms with Crippen molar-refractivity contribution < 1.29 is 5.11 Å². The average Bonchev–Trinajstić information content (AvgIpc) is 2.51. The van der Waals surface area contributed by atoms with Crippen LogP contribution < -0.4 is 5.32 Å². The first kappa shape index (κ1) is 16.5. The third-order valence-electron chi connectivity index (χ3n) is 4.11. The number of aliphatic hydroxyl groups is 1. The van der Waals surface area contributed by atoms with Crippen molar-refractivity contribution in [1.82, 2.24) is 9.88 Å². The van der Waals surface area contributed by atoms with Gasteiger partial charge in [0.1, 0.15) is 5.82 Å². The summed E-state index contributed by atoms with van der Waals surface area (Å²) in [6.07, 6.45) is 6.32. The quantitative estimate of drug-likeness (QED) is 0.811. The number of nitrogens with zero attached hydrogens (tertiary/aromatic N) is 2. The molecule has 0 radical (unpaired) electrons. The summed E-state index contributed by atoms with van der Waals surface area (Å²) in [4.78, 5) is 6.95. The van der Waals surface area contributed by atoms with Crippen LogP contribution in [0.5, 0.6) is 0 Å². The highest BCUT2D eigenvalue weighted by Gasteiger charge is 2.22. The maximum atomic E-state index is 9.35. The van der Waals surface area contributed by atoms with Gasteiger partial charge in [0, 0.05) is 25.7 Å². The lowest BCUT2D eigenvalue weighted by atomic mass is 9.94. The van der Waals surface area contributed by atoms with Crippen molar-refractivity contribution in [3.05, 3.63) is 22.8 Å². The minimum atomic E-state index is 0.182. The summed E-state index contributed by atoms with van der Waals surface area (Å²) in [5.74, 6) is 0.865. The molecular formula is C16H26ClN3O. The zero-order chi connectivity index (χ0) is 15.1. The molecule has 1 heterocycles. The molecule has 5 heteroatoms. The maximum Gasteiger partial charge on any atom is 0.126 e. The minimum absolute atomic E-state index is 0.182. The van der Waals surface area contributed by atoms with Crippen LogP contribution in [0.1, 0.15) is 44.7 Å². The lowest BCUT2D eigenvalue weighted by Crippen LogP contribution is -2.38. The number of aromatic nitrogens is 1. The number of anilines is 1. The SMILES string of the molecule is CCNc1ccc(Cl)c(CN(CCO)C2CCCCC2)n1. The monoisotopic (exact) mass is 311 g/mol. The van der Waals surface area contributed by atoms with Gasteiger partial charge in [0.05, 0.1) is 17.3 Å². The number of aliphatic hydroxyl groups excluding tert-OH is 1. The number of nitrogens with one attached hydrogen (secondary N) is 1. The van der Waals surface area contributed by atoms with Gasteiger partial charge in [-0.15, -0.1) is 0 Å². The molecule has 4 nitrogen and oxygen atoms in total. The van der Waals surface area contributed by atoms with Gasteiger partial charge >= 0.3 is 0 Å². The number of hydrogen-bond acceptors (Lipinski definition) is 4. The van der Waals surface area contributed by atoms with Crippen molar-refractivity contribution in [1.29, 1.82) is 0 Å². The smallest absolute Gasteiger partial charge is 0.126 e. The van der Waals surface area contributed by atoms with E-state index in [1.54, 1.807) is 0 Å². The Labute approximate surface area is 132 Å².